The first-order valence-electron chi connectivity index (χ1n) is 10.2. The standard InChI is InChI=1S/C25H26N4O2/c1-17-14-18(2)29-25(26-17)22(24(27-29)20-10-12-21(31-4)13-11-20)15-23(30)28(3)16-19-8-6-5-7-9-19/h5-14H,15-16H2,1-4H3. The molecule has 0 saturated heterocycles. The average molecular weight is 415 g/mol. The number of hydrogen-bond acceptors (Lipinski definition) is 4. The van der Waals surface area contributed by atoms with E-state index < -0.39 is 0 Å². The summed E-state index contributed by atoms with van der Waals surface area (Å²) in [5.74, 6) is 0.798. The first-order chi connectivity index (χ1) is 15.0. The highest BCUT2D eigenvalue weighted by atomic mass is 16.5. The molecule has 0 radical (unpaired) electrons. The molecule has 0 atom stereocenters. The fourth-order valence-corrected chi connectivity index (χ4v) is 3.74. The van der Waals surface area contributed by atoms with Crippen LogP contribution in [-0.4, -0.2) is 39.6 Å². The molecule has 0 aliphatic rings. The zero-order valence-electron chi connectivity index (χ0n) is 18.3. The van der Waals surface area contributed by atoms with Gasteiger partial charge in [-0.3, -0.25) is 4.79 Å². The van der Waals surface area contributed by atoms with E-state index in [0.717, 1.165) is 45.2 Å². The number of carbonyl (C=O) groups excluding carboxylic acids is 1. The number of likely N-dealkylation sites (N-methyl/N-ethyl adjacent to an activating group) is 1. The molecule has 0 saturated carbocycles. The van der Waals surface area contributed by atoms with Crippen LogP contribution < -0.4 is 4.74 Å². The average Bonchev–Trinajstić information content (AvgIpc) is 3.13. The molecule has 6 heteroatoms. The Morgan fingerprint density at radius 1 is 1.06 bits per heavy atom. The van der Waals surface area contributed by atoms with E-state index in [9.17, 15) is 4.79 Å². The van der Waals surface area contributed by atoms with Crippen LogP contribution in [0.2, 0.25) is 0 Å². The predicted molar refractivity (Wildman–Crippen MR) is 121 cm³/mol. The van der Waals surface area contributed by atoms with Crippen LogP contribution in [0.1, 0.15) is 22.5 Å². The highest BCUT2D eigenvalue weighted by Gasteiger charge is 2.21. The van der Waals surface area contributed by atoms with Gasteiger partial charge in [0.25, 0.3) is 0 Å². The molecular weight excluding hydrogens is 388 g/mol. The van der Waals surface area contributed by atoms with E-state index in [1.54, 1.807) is 12.0 Å². The van der Waals surface area contributed by atoms with Crippen LogP contribution in [0.5, 0.6) is 5.75 Å². The third kappa shape index (κ3) is 4.28. The van der Waals surface area contributed by atoms with Crippen molar-refractivity contribution in [1.29, 1.82) is 0 Å². The summed E-state index contributed by atoms with van der Waals surface area (Å²) in [6.45, 7) is 4.52. The van der Waals surface area contributed by atoms with Gasteiger partial charge in [-0.05, 0) is 49.7 Å². The molecule has 4 aromatic rings. The van der Waals surface area contributed by atoms with Crippen LogP contribution in [0.3, 0.4) is 0 Å². The predicted octanol–water partition coefficient (Wildman–Crippen LogP) is 4.22. The molecule has 6 nitrogen and oxygen atoms in total. The Kier molecular flexibility index (Phi) is 5.71. The number of hydrogen-bond donors (Lipinski definition) is 0. The van der Waals surface area contributed by atoms with Crippen LogP contribution in [0.4, 0.5) is 0 Å². The Hall–Kier alpha value is -3.67. The molecule has 0 aliphatic carbocycles. The number of methoxy groups -OCH3 is 1. The summed E-state index contributed by atoms with van der Waals surface area (Å²) in [5.41, 5.74) is 6.23. The number of aryl methyl sites for hydroxylation is 2. The van der Waals surface area contributed by atoms with E-state index in [1.165, 1.54) is 0 Å². The van der Waals surface area contributed by atoms with Gasteiger partial charge >= 0.3 is 0 Å². The molecule has 0 spiro atoms. The summed E-state index contributed by atoms with van der Waals surface area (Å²) < 4.78 is 7.11. The molecule has 2 aromatic heterocycles. The minimum atomic E-state index is 0.0227. The third-order valence-corrected chi connectivity index (χ3v) is 5.37. The minimum Gasteiger partial charge on any atom is -0.497 e. The molecule has 0 fully saturated rings. The van der Waals surface area contributed by atoms with Crippen LogP contribution >= 0.6 is 0 Å². The highest BCUT2D eigenvalue weighted by Crippen LogP contribution is 2.29. The summed E-state index contributed by atoms with van der Waals surface area (Å²) in [7, 11) is 3.47. The van der Waals surface area contributed by atoms with Crippen molar-refractivity contribution >= 4 is 11.6 Å². The second-order valence-electron chi connectivity index (χ2n) is 7.74. The lowest BCUT2D eigenvalue weighted by Gasteiger charge is -2.17. The van der Waals surface area contributed by atoms with Gasteiger partial charge in [0.05, 0.1) is 19.2 Å². The summed E-state index contributed by atoms with van der Waals surface area (Å²) in [5, 5.41) is 4.82. The number of benzene rings is 2. The normalized spacial score (nSPS) is 11.0. The summed E-state index contributed by atoms with van der Waals surface area (Å²) in [4.78, 5) is 19.6. The van der Waals surface area contributed by atoms with Crippen molar-refractivity contribution in [3.8, 4) is 17.0 Å². The van der Waals surface area contributed by atoms with Crippen LogP contribution in [0.15, 0.2) is 60.7 Å². The highest BCUT2D eigenvalue weighted by molar-refractivity contribution is 5.84. The van der Waals surface area contributed by atoms with Gasteiger partial charge in [0.1, 0.15) is 5.75 Å². The maximum absolute atomic E-state index is 13.2. The van der Waals surface area contributed by atoms with Gasteiger partial charge < -0.3 is 9.64 Å². The third-order valence-electron chi connectivity index (χ3n) is 5.37. The number of carbonyl (C=O) groups is 1. The summed E-state index contributed by atoms with van der Waals surface area (Å²) in [6.07, 6.45) is 0.226. The van der Waals surface area contributed by atoms with Crippen molar-refractivity contribution < 1.29 is 9.53 Å². The lowest BCUT2D eigenvalue weighted by molar-refractivity contribution is -0.129. The first kappa shape index (κ1) is 20.6. The Morgan fingerprint density at radius 2 is 1.77 bits per heavy atom. The molecule has 158 valence electrons. The van der Waals surface area contributed by atoms with Crippen molar-refractivity contribution in [3.05, 3.63) is 83.2 Å². The van der Waals surface area contributed by atoms with Gasteiger partial charge in [-0.1, -0.05) is 30.3 Å². The number of fused-ring (bicyclic) bond motifs is 1. The smallest absolute Gasteiger partial charge is 0.227 e. The fourth-order valence-electron chi connectivity index (χ4n) is 3.74. The molecule has 4 rings (SSSR count). The number of amides is 1. The molecule has 2 aromatic carbocycles. The SMILES string of the molecule is COc1ccc(-c2nn3c(C)cc(C)nc3c2CC(=O)N(C)Cc2ccccc2)cc1. The van der Waals surface area contributed by atoms with Gasteiger partial charge in [-0.2, -0.15) is 5.10 Å². The number of aromatic nitrogens is 3. The zero-order chi connectivity index (χ0) is 22.0. The Morgan fingerprint density at radius 3 is 2.45 bits per heavy atom. The molecule has 1 amide bonds. The van der Waals surface area contributed by atoms with Gasteiger partial charge in [-0.15, -0.1) is 0 Å². The van der Waals surface area contributed by atoms with E-state index in [0.29, 0.717) is 6.54 Å². The molecule has 31 heavy (non-hydrogen) atoms. The van der Waals surface area contributed by atoms with Gasteiger partial charge in [0.2, 0.25) is 5.91 Å². The Balaban J connectivity index is 1.73. The lowest BCUT2D eigenvalue weighted by atomic mass is 10.0. The number of rotatable bonds is 6. The maximum Gasteiger partial charge on any atom is 0.227 e. The lowest BCUT2D eigenvalue weighted by Crippen LogP contribution is -2.27. The molecule has 0 N–H and O–H groups in total. The van der Waals surface area contributed by atoms with E-state index >= 15 is 0 Å². The van der Waals surface area contributed by atoms with Crippen molar-refractivity contribution in [1.82, 2.24) is 19.5 Å². The topological polar surface area (TPSA) is 59.7 Å². The number of nitrogens with zero attached hydrogens (tertiary/aromatic N) is 4. The molecular formula is C25H26N4O2. The van der Waals surface area contributed by atoms with E-state index in [4.69, 9.17) is 14.8 Å². The van der Waals surface area contributed by atoms with Crippen molar-refractivity contribution in [2.75, 3.05) is 14.2 Å². The van der Waals surface area contributed by atoms with E-state index in [-0.39, 0.29) is 12.3 Å². The quantitative estimate of drug-likeness (QED) is 0.474. The summed E-state index contributed by atoms with van der Waals surface area (Å²) >= 11 is 0. The van der Waals surface area contributed by atoms with E-state index in [2.05, 4.69) is 0 Å². The maximum atomic E-state index is 13.2. The van der Waals surface area contributed by atoms with Crippen LogP contribution in [-0.2, 0) is 17.8 Å². The number of ether oxygens (including phenoxy) is 1. The zero-order valence-corrected chi connectivity index (χ0v) is 18.3. The second-order valence-corrected chi connectivity index (χ2v) is 7.74. The monoisotopic (exact) mass is 414 g/mol. The van der Waals surface area contributed by atoms with Crippen LogP contribution in [0, 0.1) is 13.8 Å². The van der Waals surface area contributed by atoms with E-state index in [1.807, 2.05) is 86.1 Å². The molecule has 0 aliphatic heterocycles. The Bertz CT molecular complexity index is 1210. The first-order valence-corrected chi connectivity index (χ1v) is 10.2. The second kappa shape index (κ2) is 8.60. The molecule has 2 heterocycles. The van der Waals surface area contributed by atoms with Crippen LogP contribution in [0.25, 0.3) is 16.9 Å². The van der Waals surface area contributed by atoms with Crippen molar-refractivity contribution in [2.24, 2.45) is 0 Å². The van der Waals surface area contributed by atoms with Crippen molar-refractivity contribution in [3.63, 3.8) is 0 Å². The van der Waals surface area contributed by atoms with Crippen molar-refractivity contribution in [2.45, 2.75) is 26.8 Å². The van der Waals surface area contributed by atoms with Gasteiger partial charge in [0.15, 0.2) is 5.65 Å². The molecule has 0 unspecified atom stereocenters. The Labute approximate surface area is 182 Å². The minimum absolute atomic E-state index is 0.0227. The largest absolute Gasteiger partial charge is 0.497 e. The molecule has 0 bridgehead atoms. The van der Waals surface area contributed by atoms with Gasteiger partial charge in [-0.25, -0.2) is 9.50 Å². The van der Waals surface area contributed by atoms with Gasteiger partial charge in [0, 0.05) is 36.1 Å². The fraction of sp³-hybridized carbons (Fsp3) is 0.240. The summed E-state index contributed by atoms with van der Waals surface area (Å²) in [6, 6.07) is 19.7.